The Morgan fingerprint density at radius 2 is 1.90 bits per heavy atom. The van der Waals surface area contributed by atoms with Crippen molar-refractivity contribution in [1.29, 1.82) is 0 Å². The lowest BCUT2D eigenvalue weighted by Crippen LogP contribution is -2.38. The molecule has 0 aliphatic heterocycles. The minimum atomic E-state index is 0.00591. The Morgan fingerprint density at radius 3 is 2.58 bits per heavy atom. The Labute approximate surface area is 189 Å². The third kappa shape index (κ3) is 5.89. The van der Waals surface area contributed by atoms with Crippen molar-refractivity contribution in [2.75, 3.05) is 19.6 Å². The molecule has 0 bridgehead atoms. The van der Waals surface area contributed by atoms with E-state index in [1.807, 2.05) is 47.9 Å². The summed E-state index contributed by atoms with van der Waals surface area (Å²) in [5.41, 5.74) is 3.35. The zero-order valence-corrected chi connectivity index (χ0v) is 19.3. The van der Waals surface area contributed by atoms with Crippen LogP contribution in [0.2, 0.25) is 0 Å². The van der Waals surface area contributed by atoms with Gasteiger partial charge in [0.1, 0.15) is 0 Å². The lowest BCUT2D eigenvalue weighted by atomic mass is 10.1. The molecule has 1 unspecified atom stereocenters. The highest BCUT2D eigenvalue weighted by Crippen LogP contribution is 2.20. The Balaban J connectivity index is 1.65. The Bertz CT molecular complexity index is 1040. The molecule has 1 amide bonds. The van der Waals surface area contributed by atoms with E-state index in [2.05, 4.69) is 52.5 Å². The van der Waals surface area contributed by atoms with Gasteiger partial charge in [0.15, 0.2) is 10.6 Å². The predicted octanol–water partition coefficient (Wildman–Crippen LogP) is 4.51. The van der Waals surface area contributed by atoms with Crippen LogP contribution in [0.15, 0.2) is 54.6 Å². The molecule has 164 valence electrons. The molecule has 0 spiro atoms. The second-order valence-electron chi connectivity index (χ2n) is 7.58. The van der Waals surface area contributed by atoms with Crippen molar-refractivity contribution in [3.63, 3.8) is 0 Å². The van der Waals surface area contributed by atoms with Crippen LogP contribution in [0.4, 0.5) is 0 Å². The van der Waals surface area contributed by atoms with Crippen LogP contribution in [-0.4, -0.2) is 45.2 Å². The Kier molecular flexibility index (Phi) is 8.14. The van der Waals surface area contributed by atoms with Crippen molar-refractivity contribution in [1.82, 2.24) is 25.0 Å². The van der Waals surface area contributed by atoms with Gasteiger partial charge in [0.05, 0.1) is 6.04 Å². The molecule has 6 nitrogen and oxygen atoms in total. The summed E-state index contributed by atoms with van der Waals surface area (Å²) in [5, 5.41) is 10.4. The topological polar surface area (TPSA) is 66.0 Å². The molecule has 1 aromatic heterocycles. The van der Waals surface area contributed by atoms with E-state index in [0.717, 1.165) is 30.0 Å². The number of aromatic nitrogens is 3. The highest BCUT2D eigenvalue weighted by atomic mass is 32.1. The molecular weight excluding hydrogens is 406 g/mol. The Morgan fingerprint density at radius 1 is 1.16 bits per heavy atom. The molecule has 7 heteroatoms. The molecule has 0 fully saturated rings. The van der Waals surface area contributed by atoms with Crippen LogP contribution in [0.3, 0.4) is 0 Å². The maximum atomic E-state index is 12.7. The number of hydrogen-bond acceptors (Lipinski definition) is 4. The van der Waals surface area contributed by atoms with Crippen molar-refractivity contribution in [2.24, 2.45) is 0 Å². The van der Waals surface area contributed by atoms with Gasteiger partial charge in [-0.2, -0.15) is 5.10 Å². The third-order valence-electron chi connectivity index (χ3n) is 5.53. The summed E-state index contributed by atoms with van der Waals surface area (Å²) in [7, 11) is 0. The van der Waals surface area contributed by atoms with Gasteiger partial charge in [-0.15, -0.1) is 0 Å². The average Bonchev–Trinajstić information content (AvgIpc) is 3.16. The zero-order valence-electron chi connectivity index (χ0n) is 18.5. The van der Waals surface area contributed by atoms with Crippen molar-refractivity contribution < 1.29 is 4.79 Å². The summed E-state index contributed by atoms with van der Waals surface area (Å²) < 4.78 is 2.41. The van der Waals surface area contributed by atoms with Gasteiger partial charge in [0, 0.05) is 25.1 Å². The number of H-pyrrole nitrogens is 1. The second-order valence-corrected chi connectivity index (χ2v) is 7.96. The van der Waals surface area contributed by atoms with Crippen LogP contribution in [0.25, 0.3) is 11.4 Å². The zero-order chi connectivity index (χ0) is 22.2. The minimum absolute atomic E-state index is 0.00591. The first kappa shape index (κ1) is 22.9. The lowest BCUT2D eigenvalue weighted by molar-refractivity contribution is -0.121. The Hall–Kier alpha value is -2.77. The fraction of sp³-hybridized carbons (Fsp3) is 0.375. The number of benzene rings is 2. The number of aromatic amines is 1. The monoisotopic (exact) mass is 437 g/mol. The molecule has 2 aromatic carbocycles. The quantitative estimate of drug-likeness (QED) is 0.458. The number of carbonyl (C=O) groups is 1. The van der Waals surface area contributed by atoms with Crippen LogP contribution < -0.4 is 5.32 Å². The molecule has 2 N–H and O–H groups in total. The summed E-state index contributed by atoms with van der Waals surface area (Å²) in [5.74, 6) is 0.762. The van der Waals surface area contributed by atoms with Gasteiger partial charge in [-0.05, 0) is 43.9 Å². The van der Waals surface area contributed by atoms with Crippen LogP contribution in [-0.2, 0) is 11.3 Å². The average molecular weight is 438 g/mol. The first-order valence-corrected chi connectivity index (χ1v) is 11.2. The van der Waals surface area contributed by atoms with E-state index in [1.165, 1.54) is 5.56 Å². The standard InChI is InChI=1S/C24H31N5OS/c1-4-28(5-2)21(19-11-7-6-8-12-19)17-25-22(30)14-15-29-23(26-27-24(29)31)20-13-9-10-18(3)16-20/h6-13,16,21H,4-5,14-15,17H2,1-3H3,(H,25,30)(H,27,31). The van der Waals surface area contributed by atoms with E-state index in [-0.39, 0.29) is 11.9 Å². The number of rotatable bonds is 10. The van der Waals surface area contributed by atoms with Gasteiger partial charge in [-0.25, -0.2) is 0 Å². The first-order valence-electron chi connectivity index (χ1n) is 10.8. The molecule has 0 saturated heterocycles. The number of nitrogens with zero attached hydrogens (tertiary/aromatic N) is 3. The molecule has 0 aliphatic carbocycles. The van der Waals surface area contributed by atoms with Crippen LogP contribution >= 0.6 is 12.2 Å². The molecule has 3 aromatic rings. The van der Waals surface area contributed by atoms with E-state index < -0.39 is 0 Å². The summed E-state index contributed by atoms with van der Waals surface area (Å²) >= 11 is 5.40. The SMILES string of the molecule is CCN(CC)C(CNC(=O)CCn1c(-c2cccc(C)c2)n[nH]c1=S)c1ccccc1. The number of carbonyl (C=O) groups excluding carboxylic acids is 1. The summed E-state index contributed by atoms with van der Waals surface area (Å²) in [6, 6.07) is 18.6. The van der Waals surface area contributed by atoms with Gasteiger partial charge in [-0.3, -0.25) is 19.4 Å². The summed E-state index contributed by atoms with van der Waals surface area (Å²) in [6.07, 6.45) is 0.340. The summed E-state index contributed by atoms with van der Waals surface area (Å²) in [6.45, 7) is 9.24. The van der Waals surface area contributed by atoms with Crippen LogP contribution in [0, 0.1) is 11.7 Å². The van der Waals surface area contributed by atoms with Crippen molar-refractivity contribution in [3.8, 4) is 11.4 Å². The molecule has 0 aliphatic rings. The fourth-order valence-electron chi connectivity index (χ4n) is 3.84. The van der Waals surface area contributed by atoms with Crippen LogP contribution in [0.5, 0.6) is 0 Å². The van der Waals surface area contributed by atoms with Gasteiger partial charge < -0.3 is 5.32 Å². The van der Waals surface area contributed by atoms with Gasteiger partial charge >= 0.3 is 0 Å². The van der Waals surface area contributed by atoms with E-state index in [0.29, 0.717) is 24.3 Å². The number of aryl methyl sites for hydroxylation is 1. The van der Waals surface area contributed by atoms with Gasteiger partial charge in [0.25, 0.3) is 0 Å². The van der Waals surface area contributed by atoms with Crippen molar-refractivity contribution in [2.45, 2.75) is 39.8 Å². The molecule has 0 radical (unpaired) electrons. The van der Waals surface area contributed by atoms with Crippen molar-refractivity contribution in [3.05, 3.63) is 70.5 Å². The maximum Gasteiger partial charge on any atom is 0.221 e. The third-order valence-corrected chi connectivity index (χ3v) is 5.84. The molecule has 1 heterocycles. The van der Waals surface area contributed by atoms with E-state index in [4.69, 9.17) is 12.2 Å². The molecular formula is C24H31N5OS. The highest BCUT2D eigenvalue weighted by Gasteiger charge is 2.19. The van der Waals surface area contributed by atoms with E-state index in [1.54, 1.807) is 0 Å². The molecule has 31 heavy (non-hydrogen) atoms. The van der Waals surface area contributed by atoms with Crippen LogP contribution in [0.1, 0.15) is 37.4 Å². The maximum absolute atomic E-state index is 12.7. The van der Waals surface area contributed by atoms with E-state index >= 15 is 0 Å². The smallest absolute Gasteiger partial charge is 0.221 e. The minimum Gasteiger partial charge on any atom is -0.354 e. The van der Waals surface area contributed by atoms with Gasteiger partial charge in [-0.1, -0.05) is 67.9 Å². The summed E-state index contributed by atoms with van der Waals surface area (Å²) in [4.78, 5) is 15.0. The lowest BCUT2D eigenvalue weighted by Gasteiger charge is -2.30. The number of likely N-dealkylation sites (N-methyl/N-ethyl adjacent to an activating group) is 1. The second kappa shape index (κ2) is 11.0. The highest BCUT2D eigenvalue weighted by molar-refractivity contribution is 7.71. The fourth-order valence-corrected chi connectivity index (χ4v) is 4.06. The number of amides is 1. The number of hydrogen-bond donors (Lipinski definition) is 2. The number of nitrogens with one attached hydrogen (secondary N) is 2. The largest absolute Gasteiger partial charge is 0.354 e. The molecule has 0 saturated carbocycles. The first-order chi connectivity index (χ1) is 15.0. The molecule has 1 atom stereocenters. The van der Waals surface area contributed by atoms with Crippen molar-refractivity contribution >= 4 is 18.1 Å². The molecule has 3 rings (SSSR count). The van der Waals surface area contributed by atoms with Gasteiger partial charge in [0.2, 0.25) is 5.91 Å². The van der Waals surface area contributed by atoms with E-state index in [9.17, 15) is 4.79 Å². The predicted molar refractivity (Wildman–Crippen MR) is 127 cm³/mol. The normalized spacial score (nSPS) is 12.1.